The molecule has 0 radical (unpaired) electrons. The molecule has 9 heteroatoms. The second kappa shape index (κ2) is 5.80. The van der Waals surface area contributed by atoms with Gasteiger partial charge in [-0.05, 0) is 0 Å². The van der Waals surface area contributed by atoms with Crippen LogP contribution in [0.15, 0.2) is 10.5 Å². The standard InChI is InChI=1S/C8H9N3O5S/c1-14-6(12)5(11-16-8(13)15-2)4-3-17-7(9)10-4/h3H,1-2H3,(H2,9,10). The van der Waals surface area contributed by atoms with Gasteiger partial charge in [0, 0.05) is 5.38 Å². The van der Waals surface area contributed by atoms with Crippen molar-refractivity contribution in [2.75, 3.05) is 20.0 Å². The number of aromatic nitrogens is 1. The third-order valence-corrected chi connectivity index (χ3v) is 2.20. The fourth-order valence-corrected chi connectivity index (χ4v) is 1.35. The minimum Gasteiger partial charge on any atom is -0.464 e. The van der Waals surface area contributed by atoms with Gasteiger partial charge < -0.3 is 15.2 Å². The highest BCUT2D eigenvalue weighted by Crippen LogP contribution is 2.12. The smallest absolute Gasteiger partial charge is 0.464 e. The first-order valence-electron chi connectivity index (χ1n) is 4.21. The molecular weight excluding hydrogens is 250 g/mol. The van der Waals surface area contributed by atoms with Crippen LogP contribution < -0.4 is 5.73 Å². The molecule has 0 aromatic carbocycles. The van der Waals surface area contributed by atoms with E-state index in [9.17, 15) is 9.59 Å². The van der Waals surface area contributed by atoms with E-state index in [0.29, 0.717) is 0 Å². The Hall–Kier alpha value is -2.16. The van der Waals surface area contributed by atoms with Crippen LogP contribution in [0.3, 0.4) is 0 Å². The van der Waals surface area contributed by atoms with Crippen molar-refractivity contribution in [1.29, 1.82) is 0 Å². The van der Waals surface area contributed by atoms with E-state index in [4.69, 9.17) is 5.73 Å². The van der Waals surface area contributed by atoms with E-state index in [1.54, 1.807) is 0 Å². The van der Waals surface area contributed by atoms with E-state index >= 15 is 0 Å². The highest BCUT2D eigenvalue weighted by atomic mass is 32.1. The molecule has 1 heterocycles. The van der Waals surface area contributed by atoms with Crippen LogP contribution in [-0.4, -0.2) is 37.0 Å². The number of nitrogens with zero attached hydrogens (tertiary/aromatic N) is 2. The van der Waals surface area contributed by atoms with Crippen LogP contribution in [0.1, 0.15) is 5.69 Å². The van der Waals surface area contributed by atoms with Gasteiger partial charge in [0.2, 0.25) is 5.71 Å². The molecule has 0 spiro atoms. The molecule has 0 unspecified atom stereocenters. The van der Waals surface area contributed by atoms with Crippen LogP contribution in [0.5, 0.6) is 0 Å². The zero-order valence-corrected chi connectivity index (χ0v) is 9.82. The maximum Gasteiger partial charge on any atom is 0.534 e. The molecule has 0 amide bonds. The average molecular weight is 259 g/mol. The van der Waals surface area contributed by atoms with Crippen LogP contribution in [0, 0.1) is 0 Å². The van der Waals surface area contributed by atoms with E-state index in [1.165, 1.54) is 5.38 Å². The highest BCUT2D eigenvalue weighted by Gasteiger charge is 2.19. The molecule has 1 aromatic rings. The lowest BCUT2D eigenvalue weighted by Gasteiger charge is -2.00. The van der Waals surface area contributed by atoms with Crippen LogP contribution in [-0.2, 0) is 19.1 Å². The number of anilines is 1. The number of carbonyl (C=O) groups is 2. The number of thiazole rings is 1. The fraction of sp³-hybridized carbons (Fsp3) is 0.250. The summed E-state index contributed by atoms with van der Waals surface area (Å²) in [6.07, 6.45) is -1.06. The molecule has 0 aliphatic heterocycles. The quantitative estimate of drug-likeness (QED) is 0.361. The van der Waals surface area contributed by atoms with Crippen molar-refractivity contribution in [3.05, 3.63) is 11.1 Å². The maximum atomic E-state index is 11.4. The Morgan fingerprint density at radius 2 is 2.12 bits per heavy atom. The molecular formula is C8H9N3O5S. The lowest BCUT2D eigenvalue weighted by atomic mass is 10.3. The summed E-state index contributed by atoms with van der Waals surface area (Å²) in [6, 6.07) is 0. The summed E-state index contributed by atoms with van der Waals surface area (Å²) in [7, 11) is 2.27. The number of hydrogen-bond acceptors (Lipinski definition) is 9. The number of methoxy groups -OCH3 is 2. The Morgan fingerprint density at radius 3 is 2.59 bits per heavy atom. The van der Waals surface area contributed by atoms with Crippen molar-refractivity contribution in [1.82, 2.24) is 4.98 Å². The predicted molar refractivity (Wildman–Crippen MR) is 58.6 cm³/mol. The third-order valence-electron chi connectivity index (χ3n) is 1.52. The molecule has 0 aliphatic carbocycles. The number of nitrogen functional groups attached to an aromatic ring is 1. The molecule has 1 aromatic heterocycles. The van der Waals surface area contributed by atoms with Gasteiger partial charge in [-0.25, -0.2) is 14.6 Å². The second-order valence-electron chi connectivity index (χ2n) is 2.55. The number of oxime groups is 1. The third kappa shape index (κ3) is 3.41. The van der Waals surface area contributed by atoms with Gasteiger partial charge in [-0.3, -0.25) is 4.84 Å². The Morgan fingerprint density at radius 1 is 1.41 bits per heavy atom. The number of ether oxygens (including phenoxy) is 2. The van der Waals surface area contributed by atoms with Crippen LogP contribution >= 0.6 is 11.3 Å². The Kier molecular flexibility index (Phi) is 4.40. The van der Waals surface area contributed by atoms with Crippen LogP contribution in [0.2, 0.25) is 0 Å². The van der Waals surface area contributed by atoms with Crippen molar-refractivity contribution < 1.29 is 23.9 Å². The molecule has 0 saturated heterocycles. The topological polar surface area (TPSA) is 113 Å². The molecule has 92 valence electrons. The largest absolute Gasteiger partial charge is 0.534 e. The molecule has 2 N–H and O–H groups in total. The SMILES string of the molecule is COC(=O)ON=C(C(=O)OC)c1csc(N)n1. The zero-order valence-electron chi connectivity index (χ0n) is 9.00. The molecule has 0 saturated carbocycles. The van der Waals surface area contributed by atoms with Crippen molar-refractivity contribution in [2.45, 2.75) is 0 Å². The van der Waals surface area contributed by atoms with Gasteiger partial charge in [-0.15, -0.1) is 11.3 Å². The zero-order chi connectivity index (χ0) is 12.8. The molecule has 0 aliphatic rings. The van der Waals surface area contributed by atoms with E-state index in [-0.39, 0.29) is 16.5 Å². The molecule has 17 heavy (non-hydrogen) atoms. The summed E-state index contributed by atoms with van der Waals surface area (Å²) >= 11 is 1.11. The van der Waals surface area contributed by atoms with Gasteiger partial charge >= 0.3 is 12.1 Å². The maximum absolute atomic E-state index is 11.4. The summed E-state index contributed by atoms with van der Waals surface area (Å²) in [5.74, 6) is -0.806. The van der Waals surface area contributed by atoms with Gasteiger partial charge in [-0.2, -0.15) is 0 Å². The second-order valence-corrected chi connectivity index (χ2v) is 3.44. The van der Waals surface area contributed by atoms with Gasteiger partial charge in [0.1, 0.15) is 5.69 Å². The van der Waals surface area contributed by atoms with Crippen LogP contribution in [0.25, 0.3) is 0 Å². The minimum atomic E-state index is -1.06. The first kappa shape index (κ1) is 12.9. The van der Waals surface area contributed by atoms with E-state index < -0.39 is 12.1 Å². The first-order valence-corrected chi connectivity index (χ1v) is 5.09. The summed E-state index contributed by atoms with van der Waals surface area (Å²) < 4.78 is 8.66. The van der Waals surface area contributed by atoms with Gasteiger partial charge in [-0.1, -0.05) is 5.16 Å². The van der Waals surface area contributed by atoms with Gasteiger partial charge in [0.25, 0.3) is 0 Å². The van der Waals surface area contributed by atoms with Crippen molar-refractivity contribution in [3.63, 3.8) is 0 Å². The Labute approximate surface area is 100.0 Å². The van der Waals surface area contributed by atoms with E-state index in [0.717, 1.165) is 25.6 Å². The molecule has 8 nitrogen and oxygen atoms in total. The fourth-order valence-electron chi connectivity index (χ4n) is 0.802. The lowest BCUT2D eigenvalue weighted by Crippen LogP contribution is -2.19. The number of hydrogen-bond donors (Lipinski definition) is 1. The molecule has 0 bridgehead atoms. The first-order chi connectivity index (χ1) is 8.08. The number of carbonyl (C=O) groups excluding carboxylic acids is 2. The summed E-state index contributed by atoms with van der Waals surface area (Å²) in [6.45, 7) is 0. The van der Waals surface area contributed by atoms with Gasteiger partial charge in [0.15, 0.2) is 5.13 Å². The normalized spacial score (nSPS) is 10.8. The predicted octanol–water partition coefficient (Wildman–Crippen LogP) is 0.385. The minimum absolute atomic E-state index is 0.156. The number of nitrogens with two attached hydrogens (primary N) is 1. The summed E-state index contributed by atoms with van der Waals surface area (Å²) in [5, 5.41) is 5.03. The van der Waals surface area contributed by atoms with Crippen LogP contribution in [0.4, 0.5) is 9.93 Å². The molecule has 0 fully saturated rings. The number of rotatable bonds is 3. The summed E-state index contributed by atoms with van der Waals surface area (Å²) in [5.41, 5.74) is 5.29. The van der Waals surface area contributed by atoms with Crippen molar-refractivity contribution in [3.8, 4) is 0 Å². The van der Waals surface area contributed by atoms with Crippen molar-refractivity contribution >= 4 is 34.3 Å². The van der Waals surface area contributed by atoms with Crippen molar-refractivity contribution in [2.24, 2.45) is 5.16 Å². The molecule has 0 atom stereocenters. The Balaban J connectivity index is 2.96. The average Bonchev–Trinajstić information content (AvgIpc) is 2.75. The summed E-state index contributed by atoms with van der Waals surface area (Å²) in [4.78, 5) is 30.2. The number of esters is 1. The monoisotopic (exact) mass is 259 g/mol. The van der Waals surface area contributed by atoms with E-state index in [1.807, 2.05) is 0 Å². The Bertz CT molecular complexity index is 456. The van der Waals surface area contributed by atoms with E-state index in [2.05, 4.69) is 24.5 Å². The van der Waals surface area contributed by atoms with Gasteiger partial charge in [0.05, 0.1) is 14.2 Å². The lowest BCUT2D eigenvalue weighted by molar-refractivity contribution is -0.132. The molecule has 1 rings (SSSR count). The highest BCUT2D eigenvalue weighted by molar-refractivity contribution is 7.13.